The molecule has 1 aliphatic carbocycles. The van der Waals surface area contributed by atoms with E-state index < -0.39 is 29.3 Å². The van der Waals surface area contributed by atoms with Crippen molar-refractivity contribution in [3.63, 3.8) is 0 Å². The Kier molecular flexibility index (Phi) is 4.01. The van der Waals surface area contributed by atoms with Crippen LogP contribution in [0.25, 0.3) is 0 Å². The number of methoxy groups -OCH3 is 1. The van der Waals surface area contributed by atoms with E-state index in [4.69, 9.17) is 0 Å². The van der Waals surface area contributed by atoms with Gasteiger partial charge in [0, 0.05) is 18.2 Å². The van der Waals surface area contributed by atoms with Gasteiger partial charge in [-0.15, -0.1) is 0 Å². The molecule has 20 heavy (non-hydrogen) atoms. The molecular formula is C14H14F3NO2. The second-order valence-electron chi connectivity index (χ2n) is 4.62. The Balaban J connectivity index is 2.20. The molecule has 2 atom stereocenters. The van der Waals surface area contributed by atoms with E-state index >= 15 is 0 Å². The molecule has 0 aromatic heterocycles. The van der Waals surface area contributed by atoms with Crippen LogP contribution in [0.1, 0.15) is 23.7 Å². The highest BCUT2D eigenvalue weighted by Gasteiger charge is 2.36. The Morgan fingerprint density at radius 2 is 2.10 bits per heavy atom. The maximum atomic E-state index is 13.9. The molecule has 108 valence electrons. The third kappa shape index (κ3) is 2.79. The molecule has 1 aromatic rings. The van der Waals surface area contributed by atoms with E-state index in [1.54, 1.807) is 0 Å². The number of hydrogen-bond donors (Lipinski definition) is 1. The van der Waals surface area contributed by atoms with Crippen molar-refractivity contribution >= 4 is 5.78 Å². The minimum absolute atomic E-state index is 0.205. The van der Waals surface area contributed by atoms with Gasteiger partial charge in [0.05, 0.1) is 18.7 Å². The molecule has 0 saturated heterocycles. The number of nitrogens with one attached hydrogen (secondary N) is 1. The van der Waals surface area contributed by atoms with Crippen molar-refractivity contribution in [2.45, 2.75) is 25.6 Å². The predicted molar refractivity (Wildman–Crippen MR) is 67.4 cm³/mol. The monoisotopic (exact) mass is 285 g/mol. The van der Waals surface area contributed by atoms with Gasteiger partial charge in [-0.2, -0.15) is 0 Å². The Labute approximate surface area is 114 Å². The zero-order valence-electron chi connectivity index (χ0n) is 11.0. The number of rotatable bonds is 5. The number of carbonyl (C=O) groups is 1. The Bertz CT molecular complexity index is 572. The Morgan fingerprint density at radius 3 is 2.65 bits per heavy atom. The second-order valence-corrected chi connectivity index (χ2v) is 4.62. The molecule has 1 fully saturated rings. The molecule has 0 aliphatic heterocycles. The summed E-state index contributed by atoms with van der Waals surface area (Å²) in [4.78, 5) is 12.0. The number of alkyl halides is 1. The summed E-state index contributed by atoms with van der Waals surface area (Å²) in [6.45, 7) is 1.47. The van der Waals surface area contributed by atoms with Crippen molar-refractivity contribution in [1.82, 2.24) is 5.32 Å². The molecule has 3 nitrogen and oxygen atoms in total. The number of Topliss-reactive ketones (excluding diaryl/α,β-unsaturated/α-hetero) is 1. The summed E-state index contributed by atoms with van der Waals surface area (Å²) in [7, 11) is 1.12. The summed E-state index contributed by atoms with van der Waals surface area (Å²) < 4.78 is 44.4. The van der Waals surface area contributed by atoms with E-state index in [1.165, 1.54) is 13.1 Å². The van der Waals surface area contributed by atoms with Crippen LogP contribution in [0.3, 0.4) is 0 Å². The number of ketones is 1. The molecule has 0 amide bonds. The van der Waals surface area contributed by atoms with E-state index in [0.29, 0.717) is 6.42 Å². The van der Waals surface area contributed by atoms with Crippen molar-refractivity contribution in [3.8, 4) is 5.75 Å². The van der Waals surface area contributed by atoms with Crippen molar-refractivity contribution in [1.29, 1.82) is 0 Å². The lowest BCUT2D eigenvalue weighted by Crippen LogP contribution is -2.14. The van der Waals surface area contributed by atoms with Crippen molar-refractivity contribution in [3.05, 3.63) is 41.1 Å². The van der Waals surface area contributed by atoms with Crippen LogP contribution in [0.2, 0.25) is 0 Å². The van der Waals surface area contributed by atoms with Crippen LogP contribution in [0, 0.1) is 11.6 Å². The second kappa shape index (κ2) is 5.56. The molecule has 1 N–H and O–H groups in total. The molecule has 2 rings (SSSR count). The number of hydrogen-bond acceptors (Lipinski definition) is 3. The van der Waals surface area contributed by atoms with Crippen LogP contribution in [0.5, 0.6) is 5.75 Å². The maximum Gasteiger partial charge on any atom is 0.193 e. The van der Waals surface area contributed by atoms with Crippen LogP contribution in [0.4, 0.5) is 13.2 Å². The molecule has 0 heterocycles. The first kappa shape index (κ1) is 14.4. The lowest BCUT2D eigenvalue weighted by Gasteiger charge is -2.08. The lowest BCUT2D eigenvalue weighted by molar-refractivity contribution is 0.102. The summed E-state index contributed by atoms with van der Waals surface area (Å²) in [5.74, 6) is -3.12. The SMILES string of the molecule is COc1c(F)ccc(C(=O)C(C)=CN[C@@H]2C[C@@H]2F)c1F. The molecule has 1 saturated carbocycles. The first-order chi connectivity index (χ1) is 9.45. The Hall–Kier alpha value is -1.98. The molecule has 6 heteroatoms. The van der Waals surface area contributed by atoms with Gasteiger partial charge in [0.25, 0.3) is 0 Å². The minimum Gasteiger partial charge on any atom is -0.491 e. The van der Waals surface area contributed by atoms with Gasteiger partial charge in [0.2, 0.25) is 0 Å². The standard InChI is InChI=1S/C14H14F3NO2/c1-7(6-18-11-5-10(11)16)13(19)8-3-4-9(15)14(20-2)12(8)17/h3-4,6,10-11,18H,5H2,1-2H3/t10-,11+/m0/s1. The smallest absolute Gasteiger partial charge is 0.193 e. The van der Waals surface area contributed by atoms with E-state index in [-0.39, 0.29) is 17.2 Å². The largest absolute Gasteiger partial charge is 0.491 e. The fourth-order valence-electron chi connectivity index (χ4n) is 1.74. The normalized spacial score (nSPS) is 21.6. The molecular weight excluding hydrogens is 271 g/mol. The molecule has 0 unspecified atom stereocenters. The van der Waals surface area contributed by atoms with E-state index in [1.807, 2.05) is 0 Å². The summed E-state index contributed by atoms with van der Waals surface area (Å²) in [5.41, 5.74) is -0.0805. The van der Waals surface area contributed by atoms with Crippen LogP contribution >= 0.6 is 0 Å². The fourth-order valence-corrected chi connectivity index (χ4v) is 1.74. The van der Waals surface area contributed by atoms with Gasteiger partial charge in [-0.25, -0.2) is 13.2 Å². The summed E-state index contributed by atoms with van der Waals surface area (Å²) in [5, 5.41) is 2.73. The van der Waals surface area contributed by atoms with Gasteiger partial charge in [-0.05, 0) is 19.1 Å². The predicted octanol–water partition coefficient (Wildman–Crippen LogP) is 2.76. The number of allylic oxidation sites excluding steroid dienone is 1. The van der Waals surface area contributed by atoms with Crippen LogP contribution < -0.4 is 10.1 Å². The number of ether oxygens (including phenoxy) is 1. The van der Waals surface area contributed by atoms with Crippen molar-refractivity contribution < 1.29 is 22.7 Å². The first-order valence-corrected chi connectivity index (χ1v) is 6.09. The van der Waals surface area contributed by atoms with Gasteiger partial charge in [-0.1, -0.05) is 0 Å². The first-order valence-electron chi connectivity index (χ1n) is 6.09. The topological polar surface area (TPSA) is 38.3 Å². The van der Waals surface area contributed by atoms with Crippen molar-refractivity contribution in [2.75, 3.05) is 7.11 Å². The highest BCUT2D eigenvalue weighted by Crippen LogP contribution is 2.27. The third-order valence-corrected chi connectivity index (χ3v) is 3.08. The summed E-state index contributed by atoms with van der Waals surface area (Å²) >= 11 is 0. The van der Waals surface area contributed by atoms with E-state index in [9.17, 15) is 18.0 Å². The van der Waals surface area contributed by atoms with E-state index in [0.717, 1.165) is 19.2 Å². The molecule has 0 radical (unpaired) electrons. The quantitative estimate of drug-likeness (QED) is 0.668. The lowest BCUT2D eigenvalue weighted by atomic mass is 10.0. The summed E-state index contributed by atoms with van der Waals surface area (Å²) in [6, 6.07) is 1.74. The highest BCUT2D eigenvalue weighted by atomic mass is 19.1. The highest BCUT2D eigenvalue weighted by molar-refractivity contribution is 6.08. The van der Waals surface area contributed by atoms with Gasteiger partial charge >= 0.3 is 0 Å². The summed E-state index contributed by atoms with van der Waals surface area (Å²) in [6.07, 6.45) is 0.843. The molecule has 0 spiro atoms. The molecule has 1 aromatic carbocycles. The zero-order valence-corrected chi connectivity index (χ0v) is 11.0. The Morgan fingerprint density at radius 1 is 1.45 bits per heavy atom. The number of benzene rings is 1. The van der Waals surface area contributed by atoms with Gasteiger partial charge in [-0.3, -0.25) is 4.79 Å². The fraction of sp³-hybridized carbons (Fsp3) is 0.357. The minimum atomic E-state index is -1.04. The van der Waals surface area contributed by atoms with Crippen molar-refractivity contribution in [2.24, 2.45) is 0 Å². The number of carbonyl (C=O) groups excluding carboxylic acids is 1. The van der Waals surface area contributed by atoms with E-state index in [2.05, 4.69) is 10.1 Å². The van der Waals surface area contributed by atoms with Crippen LogP contribution in [-0.2, 0) is 0 Å². The van der Waals surface area contributed by atoms with Gasteiger partial charge in [0.1, 0.15) is 6.17 Å². The molecule has 1 aliphatic rings. The van der Waals surface area contributed by atoms with Gasteiger partial charge < -0.3 is 10.1 Å². The average molecular weight is 285 g/mol. The third-order valence-electron chi connectivity index (χ3n) is 3.08. The van der Waals surface area contributed by atoms with Crippen LogP contribution in [-0.4, -0.2) is 25.1 Å². The zero-order chi connectivity index (χ0) is 14.9. The number of halogens is 3. The average Bonchev–Trinajstić information content (AvgIpc) is 3.12. The van der Waals surface area contributed by atoms with Gasteiger partial charge in [0.15, 0.2) is 23.2 Å². The molecule has 0 bridgehead atoms. The van der Waals surface area contributed by atoms with Crippen LogP contribution in [0.15, 0.2) is 23.9 Å². The maximum absolute atomic E-state index is 13.9.